The smallest absolute Gasteiger partial charge is 0.138 e. The summed E-state index contributed by atoms with van der Waals surface area (Å²) in [6, 6.07) is 3.67. The molecule has 2 rings (SSSR count). The minimum absolute atomic E-state index is 0.118. The molecule has 3 nitrogen and oxygen atoms in total. The van der Waals surface area contributed by atoms with E-state index in [1.54, 1.807) is 12.1 Å². The zero-order valence-electron chi connectivity index (χ0n) is 11.1. The second kappa shape index (κ2) is 6.80. The number of nitrogens with zero attached hydrogens (tertiary/aromatic N) is 1. The van der Waals surface area contributed by atoms with Gasteiger partial charge in [-0.2, -0.15) is 0 Å². The third-order valence-electron chi connectivity index (χ3n) is 3.48. The van der Waals surface area contributed by atoms with Crippen molar-refractivity contribution in [3.8, 4) is 5.75 Å². The van der Waals surface area contributed by atoms with Crippen molar-refractivity contribution >= 4 is 23.2 Å². The van der Waals surface area contributed by atoms with Crippen molar-refractivity contribution in [2.24, 2.45) is 0 Å². The van der Waals surface area contributed by atoms with Crippen LogP contribution >= 0.6 is 23.2 Å². The van der Waals surface area contributed by atoms with Crippen LogP contribution in [-0.2, 0) is 6.54 Å². The molecule has 1 aromatic carbocycles. The number of likely N-dealkylation sites (tertiary alicyclic amines) is 1. The Kier molecular flexibility index (Phi) is 5.34. The largest absolute Gasteiger partial charge is 0.506 e. The Bertz CT molecular complexity index is 434. The van der Waals surface area contributed by atoms with E-state index in [2.05, 4.69) is 17.1 Å². The highest BCUT2D eigenvalue weighted by atomic mass is 35.5. The van der Waals surface area contributed by atoms with Gasteiger partial charge in [0.15, 0.2) is 0 Å². The summed E-state index contributed by atoms with van der Waals surface area (Å²) in [5, 5.41) is 14.1. The number of rotatable bonds is 5. The first-order valence-electron chi connectivity index (χ1n) is 6.69. The zero-order chi connectivity index (χ0) is 13.8. The number of phenols is 1. The van der Waals surface area contributed by atoms with Gasteiger partial charge in [-0.05, 0) is 45.0 Å². The quantitative estimate of drug-likeness (QED) is 0.876. The average Bonchev–Trinajstić information content (AvgIpc) is 2.84. The minimum Gasteiger partial charge on any atom is -0.506 e. The lowest BCUT2D eigenvalue weighted by atomic mass is 10.2. The molecule has 1 aromatic rings. The molecule has 1 atom stereocenters. The molecule has 1 aliphatic heterocycles. The van der Waals surface area contributed by atoms with Gasteiger partial charge in [0.25, 0.3) is 0 Å². The molecule has 1 saturated heterocycles. The zero-order valence-corrected chi connectivity index (χ0v) is 12.6. The topological polar surface area (TPSA) is 35.5 Å². The van der Waals surface area contributed by atoms with Crippen LogP contribution in [0.25, 0.3) is 0 Å². The van der Waals surface area contributed by atoms with Gasteiger partial charge in [0.1, 0.15) is 5.75 Å². The number of halogens is 2. The molecular formula is C14H20Cl2N2O. The molecule has 5 heteroatoms. The summed E-state index contributed by atoms with van der Waals surface area (Å²) in [6.07, 6.45) is 2.61. The molecule has 0 amide bonds. The van der Waals surface area contributed by atoms with Crippen LogP contribution in [0.3, 0.4) is 0 Å². The van der Waals surface area contributed by atoms with Crippen LogP contribution in [0.4, 0.5) is 0 Å². The fraction of sp³-hybridized carbons (Fsp3) is 0.571. The monoisotopic (exact) mass is 302 g/mol. The second-order valence-electron chi connectivity index (χ2n) is 5.19. The highest BCUT2D eigenvalue weighted by molar-refractivity contribution is 6.35. The van der Waals surface area contributed by atoms with Crippen molar-refractivity contribution in [3.05, 3.63) is 27.7 Å². The van der Waals surface area contributed by atoms with E-state index in [1.165, 1.54) is 25.9 Å². The van der Waals surface area contributed by atoms with Gasteiger partial charge in [-0.1, -0.05) is 23.2 Å². The van der Waals surface area contributed by atoms with Gasteiger partial charge in [0, 0.05) is 29.7 Å². The first-order chi connectivity index (χ1) is 9.06. The van der Waals surface area contributed by atoms with Crippen LogP contribution in [0.5, 0.6) is 5.75 Å². The number of nitrogens with one attached hydrogen (secondary N) is 1. The predicted molar refractivity (Wildman–Crippen MR) is 80.1 cm³/mol. The van der Waals surface area contributed by atoms with E-state index >= 15 is 0 Å². The molecule has 0 aliphatic carbocycles. The molecule has 1 unspecified atom stereocenters. The predicted octanol–water partition coefficient (Wildman–Crippen LogP) is 3.27. The van der Waals surface area contributed by atoms with E-state index in [0.717, 1.165) is 12.1 Å². The van der Waals surface area contributed by atoms with Crippen LogP contribution in [0.2, 0.25) is 10.0 Å². The van der Waals surface area contributed by atoms with Gasteiger partial charge in [0.2, 0.25) is 0 Å². The third-order valence-corrected chi connectivity index (χ3v) is 3.99. The van der Waals surface area contributed by atoms with Crippen LogP contribution in [0.15, 0.2) is 12.1 Å². The lowest BCUT2D eigenvalue weighted by molar-refractivity contribution is 0.297. The number of hydrogen-bond donors (Lipinski definition) is 2. The standard InChI is InChI=1S/C14H20Cl2N2O/c1-10(9-18-4-2-3-5-18)17-8-11-6-12(15)7-13(16)14(11)19/h6-7,10,17,19H,2-5,8-9H2,1H3. The molecule has 1 heterocycles. The van der Waals surface area contributed by atoms with E-state index in [-0.39, 0.29) is 5.75 Å². The van der Waals surface area contributed by atoms with Crippen molar-refractivity contribution in [1.82, 2.24) is 10.2 Å². The normalized spacial score (nSPS) is 17.8. The summed E-state index contributed by atoms with van der Waals surface area (Å²) >= 11 is 11.8. The maximum Gasteiger partial charge on any atom is 0.138 e. The highest BCUT2D eigenvalue weighted by Crippen LogP contribution is 2.31. The molecule has 19 heavy (non-hydrogen) atoms. The summed E-state index contributed by atoms with van der Waals surface area (Å²) in [6.45, 7) is 6.15. The second-order valence-corrected chi connectivity index (χ2v) is 6.03. The molecule has 2 N–H and O–H groups in total. The summed E-state index contributed by atoms with van der Waals surface area (Å²) in [4.78, 5) is 2.46. The Hall–Kier alpha value is -0.480. The fourth-order valence-electron chi connectivity index (χ4n) is 2.46. The molecule has 0 bridgehead atoms. The summed E-state index contributed by atoms with van der Waals surface area (Å²) in [5.74, 6) is 0.118. The van der Waals surface area contributed by atoms with Gasteiger partial charge in [-0.15, -0.1) is 0 Å². The summed E-state index contributed by atoms with van der Waals surface area (Å²) < 4.78 is 0. The maximum absolute atomic E-state index is 9.88. The van der Waals surface area contributed by atoms with Crippen molar-refractivity contribution < 1.29 is 5.11 Å². The molecule has 1 aliphatic rings. The SMILES string of the molecule is CC(CN1CCCC1)NCc1cc(Cl)cc(Cl)c1O. The summed E-state index contributed by atoms with van der Waals surface area (Å²) in [7, 11) is 0. The van der Waals surface area contributed by atoms with Crippen LogP contribution in [0.1, 0.15) is 25.3 Å². The first-order valence-corrected chi connectivity index (χ1v) is 7.44. The Morgan fingerprint density at radius 2 is 2.00 bits per heavy atom. The van der Waals surface area contributed by atoms with E-state index in [0.29, 0.717) is 22.6 Å². The highest BCUT2D eigenvalue weighted by Gasteiger charge is 2.15. The van der Waals surface area contributed by atoms with Crippen LogP contribution < -0.4 is 5.32 Å². The van der Waals surface area contributed by atoms with Gasteiger partial charge >= 0.3 is 0 Å². The lowest BCUT2D eigenvalue weighted by Crippen LogP contribution is -2.37. The first kappa shape index (κ1) is 14.9. The van der Waals surface area contributed by atoms with Crippen molar-refractivity contribution in [3.63, 3.8) is 0 Å². The Balaban J connectivity index is 1.87. The Labute approximate surface area is 124 Å². The molecule has 0 radical (unpaired) electrons. The Morgan fingerprint density at radius 1 is 1.32 bits per heavy atom. The van der Waals surface area contributed by atoms with Gasteiger partial charge < -0.3 is 15.3 Å². The lowest BCUT2D eigenvalue weighted by Gasteiger charge is -2.21. The van der Waals surface area contributed by atoms with Crippen LogP contribution in [0, 0.1) is 0 Å². The van der Waals surface area contributed by atoms with Crippen molar-refractivity contribution in [2.45, 2.75) is 32.4 Å². The molecule has 0 spiro atoms. The molecule has 106 valence electrons. The maximum atomic E-state index is 9.88. The van der Waals surface area contributed by atoms with E-state index in [4.69, 9.17) is 23.2 Å². The van der Waals surface area contributed by atoms with Gasteiger partial charge in [-0.25, -0.2) is 0 Å². The number of hydrogen-bond acceptors (Lipinski definition) is 3. The fourth-order valence-corrected chi connectivity index (χ4v) is 2.99. The summed E-state index contributed by atoms with van der Waals surface area (Å²) in [5.41, 5.74) is 0.741. The molecular weight excluding hydrogens is 283 g/mol. The van der Waals surface area contributed by atoms with Gasteiger partial charge in [-0.3, -0.25) is 0 Å². The van der Waals surface area contributed by atoms with Crippen molar-refractivity contribution in [1.29, 1.82) is 0 Å². The van der Waals surface area contributed by atoms with Crippen LogP contribution in [-0.4, -0.2) is 35.7 Å². The van der Waals surface area contributed by atoms with E-state index < -0.39 is 0 Å². The molecule has 0 saturated carbocycles. The molecule has 1 fully saturated rings. The minimum atomic E-state index is 0.118. The van der Waals surface area contributed by atoms with Gasteiger partial charge in [0.05, 0.1) is 5.02 Å². The van der Waals surface area contributed by atoms with E-state index in [1.807, 2.05) is 0 Å². The average molecular weight is 303 g/mol. The van der Waals surface area contributed by atoms with Crippen molar-refractivity contribution in [2.75, 3.05) is 19.6 Å². The Morgan fingerprint density at radius 3 is 2.68 bits per heavy atom. The molecule has 0 aromatic heterocycles. The number of aromatic hydroxyl groups is 1. The number of phenolic OH excluding ortho intramolecular Hbond substituents is 1. The number of benzene rings is 1. The van der Waals surface area contributed by atoms with E-state index in [9.17, 15) is 5.11 Å². The third kappa shape index (κ3) is 4.25.